The number of aliphatic imine (C=N–C) groups is 1. The van der Waals surface area contributed by atoms with Crippen LogP contribution < -0.4 is 10.5 Å². The van der Waals surface area contributed by atoms with E-state index in [1.807, 2.05) is 17.1 Å². The van der Waals surface area contributed by atoms with Gasteiger partial charge in [0, 0.05) is 54.8 Å². The van der Waals surface area contributed by atoms with Gasteiger partial charge in [0.2, 0.25) is 5.88 Å². The van der Waals surface area contributed by atoms with E-state index in [4.69, 9.17) is 15.2 Å². The topological polar surface area (TPSA) is 90.8 Å². The Morgan fingerprint density at radius 2 is 2.15 bits per heavy atom. The molecule has 1 unspecified atom stereocenters. The van der Waals surface area contributed by atoms with Crippen molar-refractivity contribution in [3.8, 4) is 5.88 Å². The second kappa shape index (κ2) is 10.4. The minimum atomic E-state index is -0.549. The van der Waals surface area contributed by atoms with E-state index in [1.54, 1.807) is 0 Å². The molecule has 4 heterocycles. The number of pyridine rings is 1. The molecule has 0 bridgehead atoms. The third kappa shape index (κ3) is 5.59. The summed E-state index contributed by atoms with van der Waals surface area (Å²) in [5.41, 5.74) is 10.2. The highest BCUT2D eigenvalue weighted by Crippen LogP contribution is 2.26. The molecule has 2 fully saturated rings. The van der Waals surface area contributed by atoms with Crippen LogP contribution in [0.4, 0.5) is 10.1 Å². The lowest BCUT2D eigenvalue weighted by molar-refractivity contribution is 0.150. The van der Waals surface area contributed by atoms with E-state index in [0.717, 1.165) is 36.5 Å². The summed E-state index contributed by atoms with van der Waals surface area (Å²) in [6.45, 7) is 8.71. The number of ether oxygens (including phenoxy) is 2. The van der Waals surface area contributed by atoms with Gasteiger partial charge in [-0.3, -0.25) is 9.67 Å². The molecule has 0 amide bonds. The molecule has 0 aromatic carbocycles. The van der Waals surface area contributed by atoms with Crippen LogP contribution in [-0.2, 0) is 11.3 Å². The predicted octanol–water partition coefficient (Wildman–Crippen LogP) is 3.41. The van der Waals surface area contributed by atoms with Gasteiger partial charge in [0.1, 0.15) is 0 Å². The molecule has 2 saturated heterocycles. The number of hydrogen-bond donors (Lipinski definition) is 1. The van der Waals surface area contributed by atoms with Crippen molar-refractivity contribution >= 4 is 17.1 Å². The smallest absolute Gasteiger partial charge is 0.250 e. The molecule has 0 aliphatic carbocycles. The van der Waals surface area contributed by atoms with Crippen LogP contribution in [0.2, 0.25) is 0 Å². The quantitative estimate of drug-likeness (QED) is 0.716. The van der Waals surface area contributed by atoms with Crippen LogP contribution in [0.3, 0.4) is 0 Å². The van der Waals surface area contributed by atoms with Gasteiger partial charge in [0.05, 0.1) is 38.4 Å². The van der Waals surface area contributed by atoms with Crippen LogP contribution in [0, 0.1) is 11.7 Å². The number of nitrogens with two attached hydrogens (primary N) is 1. The summed E-state index contributed by atoms with van der Waals surface area (Å²) >= 11 is 0. The van der Waals surface area contributed by atoms with Crippen LogP contribution in [0.1, 0.15) is 38.7 Å². The zero-order valence-corrected chi connectivity index (χ0v) is 19.6. The highest BCUT2D eigenvalue weighted by atomic mass is 19.1. The molecule has 2 aromatic heterocycles. The standard InChI is InChI=1S/C24H33FN6O2/c1-16(2)30-7-4-17(13-30)14-31-15-18(11-28-31)23(26)20-5-8-33-9-6-22(20)29-19-10-21(25)24(32-3)27-12-19/h10-12,15-17H,4-9,13-14,26H2,1-3H3. The van der Waals surface area contributed by atoms with Crippen molar-refractivity contribution in [3.63, 3.8) is 0 Å². The molecule has 2 aliphatic heterocycles. The van der Waals surface area contributed by atoms with Crippen molar-refractivity contribution in [1.82, 2.24) is 19.7 Å². The van der Waals surface area contributed by atoms with Gasteiger partial charge in [-0.05, 0) is 44.7 Å². The highest BCUT2D eigenvalue weighted by Gasteiger charge is 2.25. The van der Waals surface area contributed by atoms with E-state index in [-0.39, 0.29) is 5.88 Å². The first kappa shape index (κ1) is 23.4. The third-order valence-corrected chi connectivity index (χ3v) is 6.34. The molecular formula is C24H33FN6O2. The summed E-state index contributed by atoms with van der Waals surface area (Å²) in [4.78, 5) is 11.2. The fourth-order valence-corrected chi connectivity index (χ4v) is 4.46. The molecule has 4 rings (SSSR count). The van der Waals surface area contributed by atoms with Crippen molar-refractivity contribution in [2.24, 2.45) is 16.6 Å². The first-order chi connectivity index (χ1) is 15.9. The first-order valence-electron chi connectivity index (χ1n) is 11.5. The van der Waals surface area contributed by atoms with Crippen LogP contribution in [0.15, 0.2) is 35.2 Å². The van der Waals surface area contributed by atoms with E-state index in [1.165, 1.54) is 25.8 Å². The number of rotatable bonds is 6. The average molecular weight is 457 g/mol. The Hall–Kier alpha value is -2.78. The molecule has 2 aromatic rings. The van der Waals surface area contributed by atoms with E-state index in [2.05, 4.69) is 33.8 Å². The Labute approximate surface area is 194 Å². The molecule has 1 atom stereocenters. The van der Waals surface area contributed by atoms with Gasteiger partial charge in [-0.2, -0.15) is 5.10 Å². The number of nitrogens with zero attached hydrogens (tertiary/aromatic N) is 5. The van der Waals surface area contributed by atoms with Gasteiger partial charge in [-0.15, -0.1) is 0 Å². The van der Waals surface area contributed by atoms with Gasteiger partial charge in [-0.1, -0.05) is 0 Å². The summed E-state index contributed by atoms with van der Waals surface area (Å²) in [6, 6.07) is 1.89. The Morgan fingerprint density at radius 1 is 1.33 bits per heavy atom. The summed E-state index contributed by atoms with van der Waals surface area (Å²) in [7, 11) is 1.38. The Morgan fingerprint density at radius 3 is 2.88 bits per heavy atom. The summed E-state index contributed by atoms with van der Waals surface area (Å²) in [6.07, 6.45) is 7.73. The molecule has 2 aliphatic rings. The van der Waals surface area contributed by atoms with Gasteiger partial charge in [-0.25, -0.2) is 9.37 Å². The molecule has 0 saturated carbocycles. The second-order valence-corrected chi connectivity index (χ2v) is 8.94. The van der Waals surface area contributed by atoms with Crippen LogP contribution in [0.25, 0.3) is 5.70 Å². The number of methoxy groups -OCH3 is 1. The predicted molar refractivity (Wildman–Crippen MR) is 126 cm³/mol. The maximum absolute atomic E-state index is 14.1. The van der Waals surface area contributed by atoms with Gasteiger partial charge < -0.3 is 20.1 Å². The van der Waals surface area contributed by atoms with E-state index < -0.39 is 5.82 Å². The van der Waals surface area contributed by atoms with E-state index >= 15 is 0 Å². The van der Waals surface area contributed by atoms with Crippen molar-refractivity contribution in [3.05, 3.63) is 41.6 Å². The highest BCUT2D eigenvalue weighted by molar-refractivity contribution is 6.07. The number of likely N-dealkylation sites (tertiary alicyclic amines) is 1. The monoisotopic (exact) mass is 456 g/mol. The maximum Gasteiger partial charge on any atom is 0.250 e. The van der Waals surface area contributed by atoms with Crippen molar-refractivity contribution in [1.29, 1.82) is 0 Å². The Kier molecular flexibility index (Phi) is 7.39. The SMILES string of the molecule is COc1ncc(N=C2CCOCCC2=C(N)c2cnn(CC3CCN(C(C)C)C3)c2)cc1F. The minimum Gasteiger partial charge on any atom is -0.479 e. The average Bonchev–Trinajstić information content (AvgIpc) is 3.40. The van der Waals surface area contributed by atoms with Crippen LogP contribution in [0.5, 0.6) is 5.88 Å². The maximum atomic E-state index is 14.1. The minimum absolute atomic E-state index is 0.0513. The first-order valence-corrected chi connectivity index (χ1v) is 11.5. The third-order valence-electron chi connectivity index (χ3n) is 6.34. The summed E-state index contributed by atoms with van der Waals surface area (Å²) in [5.74, 6) is -0.00790. The molecule has 8 nitrogen and oxygen atoms in total. The van der Waals surface area contributed by atoms with Crippen molar-refractivity contribution in [2.45, 2.75) is 45.7 Å². The zero-order valence-electron chi connectivity index (χ0n) is 19.6. The number of aromatic nitrogens is 3. The number of hydrogen-bond acceptors (Lipinski definition) is 7. The summed E-state index contributed by atoms with van der Waals surface area (Å²) < 4.78 is 26.7. The molecule has 0 spiro atoms. The molecular weight excluding hydrogens is 423 g/mol. The molecule has 9 heteroatoms. The molecule has 33 heavy (non-hydrogen) atoms. The Bertz CT molecular complexity index is 1030. The van der Waals surface area contributed by atoms with Crippen LogP contribution in [-0.4, -0.2) is 64.8 Å². The second-order valence-electron chi connectivity index (χ2n) is 8.94. The fourth-order valence-electron chi connectivity index (χ4n) is 4.46. The Balaban J connectivity index is 1.56. The van der Waals surface area contributed by atoms with E-state index in [9.17, 15) is 4.39 Å². The van der Waals surface area contributed by atoms with E-state index in [0.29, 0.717) is 49.4 Å². The molecule has 0 radical (unpaired) electrons. The largest absolute Gasteiger partial charge is 0.479 e. The lowest BCUT2D eigenvalue weighted by Gasteiger charge is -2.20. The van der Waals surface area contributed by atoms with Crippen molar-refractivity contribution in [2.75, 3.05) is 33.4 Å². The molecule has 178 valence electrons. The lowest BCUT2D eigenvalue weighted by atomic mass is 10.0. The lowest BCUT2D eigenvalue weighted by Crippen LogP contribution is -2.28. The summed E-state index contributed by atoms with van der Waals surface area (Å²) in [5, 5.41) is 4.57. The normalized spacial score (nSPS) is 22.7. The van der Waals surface area contributed by atoms with Gasteiger partial charge in [0.15, 0.2) is 5.82 Å². The van der Waals surface area contributed by atoms with Gasteiger partial charge >= 0.3 is 0 Å². The molecule has 2 N–H and O–H groups in total. The van der Waals surface area contributed by atoms with Crippen molar-refractivity contribution < 1.29 is 13.9 Å². The fraction of sp³-hybridized carbons (Fsp3) is 0.542. The number of halogens is 1. The van der Waals surface area contributed by atoms with Crippen LogP contribution >= 0.6 is 0 Å². The zero-order chi connectivity index (χ0) is 23.4. The van der Waals surface area contributed by atoms with Gasteiger partial charge in [0.25, 0.3) is 0 Å².